The molecule has 1 aromatic carbocycles. The number of phenolic OH excluding ortho intramolecular Hbond substituents is 1. The van der Waals surface area contributed by atoms with Gasteiger partial charge in [-0.1, -0.05) is 38.5 Å². The van der Waals surface area contributed by atoms with Gasteiger partial charge in [0.2, 0.25) is 5.91 Å². The van der Waals surface area contributed by atoms with Gasteiger partial charge in [-0.15, -0.1) is 0 Å². The molecule has 1 aromatic rings. The number of carbonyl (C=O) groups excluding carboxylic acids is 1. The van der Waals surface area contributed by atoms with E-state index in [1.54, 1.807) is 0 Å². The largest absolute Gasteiger partial charge is 0.508 e. The van der Waals surface area contributed by atoms with Crippen molar-refractivity contribution >= 4 is 5.91 Å². The number of unbranched alkanes of at least 4 members (excludes halogenated alkanes) is 2. The molecule has 4 rings (SSSR count). The van der Waals surface area contributed by atoms with Crippen LogP contribution in [-0.4, -0.2) is 28.8 Å². The Kier molecular flexibility index (Phi) is 8.39. The van der Waals surface area contributed by atoms with E-state index >= 15 is 0 Å². The number of rotatable bonds is 10. The zero-order chi connectivity index (χ0) is 24.1. The molecule has 0 radical (unpaired) electrons. The maximum Gasteiger partial charge on any atom is 0.220 e. The van der Waals surface area contributed by atoms with Gasteiger partial charge >= 0.3 is 0 Å². The lowest BCUT2D eigenvalue weighted by molar-refractivity contribution is -0.121. The molecular weight excluding hydrogens is 422 g/mol. The first kappa shape index (κ1) is 25.3. The van der Waals surface area contributed by atoms with Crippen LogP contribution in [0.15, 0.2) is 30.4 Å². The summed E-state index contributed by atoms with van der Waals surface area (Å²) in [7, 11) is 0. The number of nitrogens with one attached hydrogen (secondary N) is 1. The number of aliphatic hydroxyl groups excluding tert-OH is 1. The quantitative estimate of drug-likeness (QED) is 0.281. The number of benzene rings is 1. The molecular formula is C30H45NO3. The minimum absolute atomic E-state index is 0.0708. The molecule has 4 nitrogen and oxygen atoms in total. The van der Waals surface area contributed by atoms with Gasteiger partial charge < -0.3 is 15.5 Å². The summed E-state index contributed by atoms with van der Waals surface area (Å²) in [5.74, 6) is 2.95. The van der Waals surface area contributed by atoms with Gasteiger partial charge in [0.1, 0.15) is 5.75 Å². The van der Waals surface area contributed by atoms with Gasteiger partial charge in [0.25, 0.3) is 0 Å². The second kappa shape index (κ2) is 11.3. The van der Waals surface area contributed by atoms with Crippen LogP contribution in [0.25, 0.3) is 0 Å². The highest BCUT2D eigenvalue weighted by molar-refractivity contribution is 5.75. The highest BCUT2D eigenvalue weighted by Crippen LogP contribution is 2.62. The first-order valence-corrected chi connectivity index (χ1v) is 13.9. The molecule has 0 aromatic heterocycles. The molecule has 2 fully saturated rings. The molecule has 3 N–H and O–H groups in total. The Labute approximate surface area is 206 Å². The van der Waals surface area contributed by atoms with Crippen LogP contribution in [0.3, 0.4) is 0 Å². The number of fused-ring (bicyclic) bond motifs is 5. The molecule has 4 heteroatoms. The molecule has 3 aliphatic rings. The number of phenols is 1. The molecule has 3 aliphatic carbocycles. The molecule has 0 saturated heterocycles. The lowest BCUT2D eigenvalue weighted by atomic mass is 9.52. The van der Waals surface area contributed by atoms with Crippen LogP contribution in [0, 0.1) is 23.2 Å². The molecule has 0 spiro atoms. The van der Waals surface area contributed by atoms with Crippen LogP contribution in [-0.2, 0) is 11.2 Å². The lowest BCUT2D eigenvalue weighted by Gasteiger charge is -2.53. The summed E-state index contributed by atoms with van der Waals surface area (Å²) in [6.45, 7) is 5.27. The van der Waals surface area contributed by atoms with Crippen LogP contribution in [0.2, 0.25) is 0 Å². The molecule has 6 atom stereocenters. The normalized spacial score (nSPS) is 32.3. The van der Waals surface area contributed by atoms with Crippen molar-refractivity contribution in [3.63, 3.8) is 0 Å². The SMILES string of the molecule is CCCCNC(=O)CCCC=CCC[C@@H]1Cc2cc(O)ccc2[C@H]2CC[C@]3(C)[C@@H](O)CC[C@H]3[C@H]12. The smallest absolute Gasteiger partial charge is 0.220 e. The van der Waals surface area contributed by atoms with Gasteiger partial charge in [-0.2, -0.15) is 0 Å². The van der Waals surface area contributed by atoms with Gasteiger partial charge in [0.05, 0.1) is 6.10 Å². The average molecular weight is 468 g/mol. The third-order valence-electron chi connectivity index (χ3n) is 9.33. The van der Waals surface area contributed by atoms with Crippen molar-refractivity contribution in [2.45, 2.75) is 103 Å². The number of hydrogen-bond donors (Lipinski definition) is 3. The standard InChI is InChI=1S/C30H45NO3/c1-3-4-18-31-28(34)11-9-7-5-6-8-10-21-19-22-20-23(32)12-13-24(22)25-16-17-30(2)26(29(21)25)14-15-27(30)33/h5-6,12-13,20-21,25-27,29,32-33H,3-4,7-11,14-19H2,1-2H3,(H,31,34)/t21-,25-,26+,27+,29-,30+/m1/s1. The van der Waals surface area contributed by atoms with E-state index in [0.29, 0.717) is 35.8 Å². The van der Waals surface area contributed by atoms with Gasteiger partial charge in [0.15, 0.2) is 0 Å². The summed E-state index contributed by atoms with van der Waals surface area (Å²) in [6, 6.07) is 6.03. The lowest BCUT2D eigenvalue weighted by Crippen LogP contribution is -2.47. The summed E-state index contributed by atoms with van der Waals surface area (Å²) in [6.07, 6.45) is 16.7. The molecule has 34 heavy (non-hydrogen) atoms. The summed E-state index contributed by atoms with van der Waals surface area (Å²) in [5, 5.41) is 23.9. The molecule has 1 amide bonds. The van der Waals surface area contributed by atoms with Gasteiger partial charge in [0, 0.05) is 13.0 Å². The van der Waals surface area contributed by atoms with Crippen molar-refractivity contribution in [3.05, 3.63) is 41.5 Å². The maximum absolute atomic E-state index is 11.8. The Bertz CT molecular complexity index is 865. The monoisotopic (exact) mass is 467 g/mol. The number of hydrogen-bond acceptors (Lipinski definition) is 3. The first-order valence-electron chi connectivity index (χ1n) is 13.9. The van der Waals surface area contributed by atoms with Gasteiger partial charge in [-0.25, -0.2) is 0 Å². The molecule has 188 valence electrons. The van der Waals surface area contributed by atoms with Crippen LogP contribution in [0.4, 0.5) is 0 Å². The Balaban J connectivity index is 1.35. The van der Waals surface area contributed by atoms with Crippen LogP contribution in [0.5, 0.6) is 5.75 Å². The predicted molar refractivity (Wildman–Crippen MR) is 138 cm³/mol. The summed E-state index contributed by atoms with van der Waals surface area (Å²) in [5.41, 5.74) is 2.86. The second-order valence-electron chi connectivity index (χ2n) is 11.4. The van der Waals surface area contributed by atoms with E-state index in [4.69, 9.17) is 0 Å². The predicted octanol–water partition coefficient (Wildman–Crippen LogP) is 6.26. The zero-order valence-corrected chi connectivity index (χ0v) is 21.3. The fourth-order valence-electron chi connectivity index (χ4n) is 7.45. The number of aliphatic hydroxyl groups is 1. The van der Waals surface area contributed by atoms with Crippen LogP contribution in [0.1, 0.15) is 102 Å². The van der Waals surface area contributed by atoms with Crippen molar-refractivity contribution in [3.8, 4) is 5.75 Å². The van der Waals surface area contributed by atoms with E-state index in [1.165, 1.54) is 11.1 Å². The van der Waals surface area contributed by atoms with Crippen molar-refractivity contribution in [2.75, 3.05) is 6.54 Å². The third kappa shape index (κ3) is 5.37. The Hall–Kier alpha value is -1.81. The molecule has 0 aliphatic heterocycles. The highest BCUT2D eigenvalue weighted by Gasteiger charge is 2.56. The summed E-state index contributed by atoms with van der Waals surface area (Å²) >= 11 is 0. The molecule has 0 heterocycles. The Morgan fingerprint density at radius 1 is 1.18 bits per heavy atom. The third-order valence-corrected chi connectivity index (χ3v) is 9.33. The number of allylic oxidation sites excluding steroid dienone is 2. The maximum atomic E-state index is 11.8. The fourth-order valence-corrected chi connectivity index (χ4v) is 7.45. The van der Waals surface area contributed by atoms with E-state index in [0.717, 1.165) is 77.2 Å². The van der Waals surface area contributed by atoms with E-state index in [-0.39, 0.29) is 17.4 Å². The zero-order valence-electron chi connectivity index (χ0n) is 21.3. The molecule has 0 unspecified atom stereocenters. The van der Waals surface area contributed by atoms with E-state index in [1.807, 2.05) is 12.1 Å². The Morgan fingerprint density at radius 3 is 2.82 bits per heavy atom. The fraction of sp³-hybridized carbons (Fsp3) is 0.700. The Morgan fingerprint density at radius 2 is 2.00 bits per heavy atom. The van der Waals surface area contributed by atoms with Crippen molar-refractivity contribution in [2.24, 2.45) is 23.2 Å². The second-order valence-corrected chi connectivity index (χ2v) is 11.4. The van der Waals surface area contributed by atoms with Gasteiger partial charge in [-0.05, 0) is 117 Å². The number of carbonyl (C=O) groups is 1. The van der Waals surface area contributed by atoms with Crippen molar-refractivity contribution in [1.82, 2.24) is 5.32 Å². The van der Waals surface area contributed by atoms with E-state index in [2.05, 4.69) is 37.4 Å². The highest BCUT2D eigenvalue weighted by atomic mass is 16.3. The first-order chi connectivity index (χ1) is 16.4. The van der Waals surface area contributed by atoms with Crippen LogP contribution < -0.4 is 5.32 Å². The summed E-state index contributed by atoms with van der Waals surface area (Å²) < 4.78 is 0. The van der Waals surface area contributed by atoms with E-state index in [9.17, 15) is 15.0 Å². The summed E-state index contributed by atoms with van der Waals surface area (Å²) in [4.78, 5) is 11.8. The average Bonchev–Trinajstić information content (AvgIpc) is 3.12. The number of aromatic hydroxyl groups is 1. The minimum atomic E-state index is -0.153. The minimum Gasteiger partial charge on any atom is -0.508 e. The number of amides is 1. The van der Waals surface area contributed by atoms with Crippen LogP contribution >= 0.6 is 0 Å². The molecule has 2 saturated carbocycles. The topological polar surface area (TPSA) is 69.6 Å². The van der Waals surface area contributed by atoms with E-state index < -0.39 is 0 Å². The van der Waals surface area contributed by atoms with Crippen molar-refractivity contribution < 1.29 is 15.0 Å². The molecule has 0 bridgehead atoms. The van der Waals surface area contributed by atoms with Gasteiger partial charge in [-0.3, -0.25) is 4.79 Å². The van der Waals surface area contributed by atoms with Crippen molar-refractivity contribution in [1.29, 1.82) is 0 Å².